The number of aliphatic hydroxyl groups excluding tert-OH is 1. The van der Waals surface area contributed by atoms with Crippen molar-refractivity contribution in [1.82, 2.24) is 0 Å². The molecule has 0 bridgehead atoms. The molecule has 1 N–H and O–H groups in total. The molecule has 3 unspecified atom stereocenters. The van der Waals surface area contributed by atoms with Gasteiger partial charge in [0.15, 0.2) is 6.23 Å². The van der Waals surface area contributed by atoms with E-state index in [2.05, 4.69) is 11.1 Å². The van der Waals surface area contributed by atoms with Gasteiger partial charge in [0.1, 0.15) is 0 Å². The summed E-state index contributed by atoms with van der Waals surface area (Å²) in [5.74, 6) is 0.959. The molecular weight excluding hydrogens is 250 g/mol. The molecule has 1 aromatic rings. The first kappa shape index (κ1) is 12.5. The second-order valence-electron chi connectivity index (χ2n) is 6.30. The summed E-state index contributed by atoms with van der Waals surface area (Å²) in [4.78, 5) is 4.56. The van der Waals surface area contributed by atoms with Gasteiger partial charge in [-0.3, -0.25) is 4.99 Å². The van der Waals surface area contributed by atoms with Crippen molar-refractivity contribution < 1.29 is 9.84 Å². The van der Waals surface area contributed by atoms with Gasteiger partial charge in [-0.15, -0.1) is 0 Å². The van der Waals surface area contributed by atoms with Gasteiger partial charge in [0, 0.05) is 23.6 Å². The molecule has 1 saturated heterocycles. The van der Waals surface area contributed by atoms with E-state index >= 15 is 0 Å². The van der Waals surface area contributed by atoms with Gasteiger partial charge in [0.05, 0.1) is 12.7 Å². The first-order valence-electron chi connectivity index (χ1n) is 7.78. The van der Waals surface area contributed by atoms with Crippen molar-refractivity contribution >= 4 is 5.71 Å². The van der Waals surface area contributed by atoms with E-state index in [9.17, 15) is 5.11 Å². The van der Waals surface area contributed by atoms with Crippen LogP contribution in [0.3, 0.4) is 0 Å². The van der Waals surface area contributed by atoms with Crippen molar-refractivity contribution in [2.45, 2.75) is 50.4 Å². The van der Waals surface area contributed by atoms with E-state index in [-0.39, 0.29) is 5.92 Å². The number of nitrogens with zero attached hydrogens (tertiary/aromatic N) is 1. The summed E-state index contributed by atoms with van der Waals surface area (Å²) in [6.07, 6.45) is 5.81. The van der Waals surface area contributed by atoms with Crippen LogP contribution >= 0.6 is 0 Å². The van der Waals surface area contributed by atoms with Crippen LogP contribution in [0.15, 0.2) is 29.3 Å². The molecule has 2 heterocycles. The van der Waals surface area contributed by atoms with Gasteiger partial charge in [-0.25, -0.2) is 0 Å². The number of fused-ring (bicyclic) bond motifs is 3. The van der Waals surface area contributed by atoms with E-state index < -0.39 is 6.23 Å². The van der Waals surface area contributed by atoms with Crippen LogP contribution in [0.2, 0.25) is 0 Å². The van der Waals surface area contributed by atoms with Gasteiger partial charge in [-0.05, 0) is 24.3 Å². The van der Waals surface area contributed by atoms with E-state index in [0.29, 0.717) is 12.0 Å². The minimum Gasteiger partial charge on any atom is -0.377 e. The number of ether oxygens (including phenoxy) is 1. The van der Waals surface area contributed by atoms with Crippen LogP contribution in [-0.2, 0) is 4.74 Å². The summed E-state index contributed by atoms with van der Waals surface area (Å²) in [5.41, 5.74) is 3.30. The van der Waals surface area contributed by atoms with Crippen molar-refractivity contribution in [3.63, 3.8) is 0 Å². The molecule has 3 nitrogen and oxygen atoms in total. The Labute approximate surface area is 119 Å². The summed E-state index contributed by atoms with van der Waals surface area (Å²) in [5, 5.41) is 10.2. The summed E-state index contributed by atoms with van der Waals surface area (Å²) in [6, 6.07) is 8.09. The molecule has 4 rings (SSSR count). The normalized spacial score (nSPS) is 33.5. The number of aliphatic imine (C=N–C) groups is 1. The molecule has 0 radical (unpaired) electrons. The molecule has 106 valence electrons. The van der Waals surface area contributed by atoms with E-state index in [0.717, 1.165) is 24.3 Å². The highest BCUT2D eigenvalue weighted by Gasteiger charge is 2.37. The Bertz CT molecular complexity index is 534. The van der Waals surface area contributed by atoms with Gasteiger partial charge >= 0.3 is 0 Å². The summed E-state index contributed by atoms with van der Waals surface area (Å²) in [7, 11) is 0. The summed E-state index contributed by atoms with van der Waals surface area (Å²) >= 11 is 0. The number of hydrogen-bond acceptors (Lipinski definition) is 3. The molecule has 0 amide bonds. The van der Waals surface area contributed by atoms with Crippen molar-refractivity contribution in [3.05, 3.63) is 35.4 Å². The lowest BCUT2D eigenvalue weighted by Gasteiger charge is -2.37. The zero-order valence-corrected chi connectivity index (χ0v) is 11.7. The second-order valence-corrected chi connectivity index (χ2v) is 6.30. The quantitative estimate of drug-likeness (QED) is 0.852. The van der Waals surface area contributed by atoms with Gasteiger partial charge in [-0.1, -0.05) is 37.1 Å². The molecule has 20 heavy (non-hydrogen) atoms. The number of aliphatic hydroxyl groups is 1. The first-order chi connectivity index (χ1) is 9.83. The fourth-order valence-corrected chi connectivity index (χ4v) is 4.06. The van der Waals surface area contributed by atoms with Gasteiger partial charge in [0.25, 0.3) is 0 Å². The monoisotopic (exact) mass is 271 g/mol. The Morgan fingerprint density at radius 3 is 2.65 bits per heavy atom. The van der Waals surface area contributed by atoms with Gasteiger partial charge < -0.3 is 9.84 Å². The third-order valence-corrected chi connectivity index (χ3v) is 5.15. The van der Waals surface area contributed by atoms with Crippen molar-refractivity contribution in [2.75, 3.05) is 6.61 Å². The summed E-state index contributed by atoms with van der Waals surface area (Å²) < 4.78 is 6.16. The van der Waals surface area contributed by atoms with Crippen LogP contribution in [0.5, 0.6) is 0 Å². The zero-order valence-electron chi connectivity index (χ0n) is 11.7. The maximum atomic E-state index is 10.2. The largest absolute Gasteiger partial charge is 0.377 e. The third-order valence-electron chi connectivity index (χ3n) is 5.15. The van der Waals surface area contributed by atoms with E-state index in [4.69, 9.17) is 4.74 Å². The highest BCUT2D eigenvalue weighted by atomic mass is 16.5. The van der Waals surface area contributed by atoms with Gasteiger partial charge in [0.2, 0.25) is 0 Å². The Hall–Kier alpha value is -1.19. The van der Waals surface area contributed by atoms with E-state index in [1.807, 2.05) is 18.2 Å². The third kappa shape index (κ3) is 2.00. The molecule has 0 spiro atoms. The molecule has 3 atom stereocenters. The molecular formula is C17H21NO2. The van der Waals surface area contributed by atoms with E-state index in [1.165, 1.54) is 31.2 Å². The maximum Gasteiger partial charge on any atom is 0.171 e. The minimum absolute atomic E-state index is 0.257. The molecule has 0 aromatic heterocycles. The lowest BCUT2D eigenvalue weighted by molar-refractivity contribution is 0.00237. The number of hydrogen-bond donors (Lipinski definition) is 1. The SMILES string of the molecule is OC1N=C2CC(C3CCCC3)OCC2c2ccccc21. The smallest absolute Gasteiger partial charge is 0.171 e. The number of rotatable bonds is 1. The molecule has 2 fully saturated rings. The zero-order chi connectivity index (χ0) is 13.5. The predicted molar refractivity (Wildman–Crippen MR) is 77.9 cm³/mol. The van der Waals surface area contributed by atoms with Crippen molar-refractivity contribution in [2.24, 2.45) is 10.9 Å². The highest BCUT2D eigenvalue weighted by molar-refractivity contribution is 5.93. The molecule has 3 heteroatoms. The van der Waals surface area contributed by atoms with Crippen LogP contribution < -0.4 is 0 Å². The Balaban J connectivity index is 1.60. The highest BCUT2D eigenvalue weighted by Crippen LogP contribution is 2.40. The van der Waals surface area contributed by atoms with Crippen LogP contribution in [0, 0.1) is 5.92 Å². The Kier molecular flexibility index (Phi) is 3.12. The average Bonchev–Trinajstić information content (AvgIpc) is 3.01. The molecule has 3 aliphatic rings. The molecule has 1 saturated carbocycles. The predicted octanol–water partition coefficient (Wildman–Crippen LogP) is 3.19. The van der Waals surface area contributed by atoms with Crippen LogP contribution in [-0.4, -0.2) is 23.5 Å². The van der Waals surface area contributed by atoms with Crippen molar-refractivity contribution in [3.8, 4) is 0 Å². The molecule has 1 aliphatic carbocycles. The molecule has 2 aliphatic heterocycles. The lowest BCUT2D eigenvalue weighted by atomic mass is 9.81. The van der Waals surface area contributed by atoms with Crippen LogP contribution in [0.4, 0.5) is 0 Å². The maximum absolute atomic E-state index is 10.2. The van der Waals surface area contributed by atoms with Crippen molar-refractivity contribution in [1.29, 1.82) is 0 Å². The fraction of sp³-hybridized carbons (Fsp3) is 0.588. The minimum atomic E-state index is -0.681. The van der Waals surface area contributed by atoms with E-state index in [1.54, 1.807) is 0 Å². The molecule has 1 aromatic carbocycles. The topological polar surface area (TPSA) is 41.8 Å². The summed E-state index contributed by atoms with van der Waals surface area (Å²) in [6.45, 7) is 0.726. The standard InChI is InChI=1S/C17H21NO2/c19-17-13-8-4-3-7-12(13)14-10-20-16(9-15(14)18-17)11-5-1-2-6-11/h3-4,7-8,11,14,16-17,19H,1-2,5-6,9-10H2. The fourth-order valence-electron chi connectivity index (χ4n) is 4.06. The van der Waals surface area contributed by atoms with Crippen LogP contribution in [0.25, 0.3) is 0 Å². The Morgan fingerprint density at radius 1 is 1.10 bits per heavy atom. The average molecular weight is 271 g/mol. The number of benzene rings is 1. The Morgan fingerprint density at radius 2 is 1.85 bits per heavy atom. The lowest BCUT2D eigenvalue weighted by Crippen LogP contribution is -2.38. The van der Waals surface area contributed by atoms with Crippen LogP contribution in [0.1, 0.15) is 55.4 Å². The first-order valence-corrected chi connectivity index (χ1v) is 7.78. The second kappa shape index (κ2) is 4.97. The van der Waals surface area contributed by atoms with Gasteiger partial charge in [-0.2, -0.15) is 0 Å².